The monoisotopic (exact) mass is 362 g/mol. The summed E-state index contributed by atoms with van der Waals surface area (Å²) in [4.78, 5) is 24.3. The average Bonchev–Trinajstić information content (AvgIpc) is 2.63. The second-order valence-corrected chi connectivity index (χ2v) is 6.17. The molecule has 0 aliphatic carbocycles. The molecule has 0 amide bonds. The summed E-state index contributed by atoms with van der Waals surface area (Å²) in [5.74, 6) is 0.429. The van der Waals surface area contributed by atoms with Crippen LogP contribution in [0, 0.1) is 0 Å². The van der Waals surface area contributed by atoms with Crippen molar-refractivity contribution in [3.8, 4) is 5.88 Å². The summed E-state index contributed by atoms with van der Waals surface area (Å²) < 4.78 is 5.03. The number of carbonyl (C=O) groups is 1. The predicted octanol–water partition coefficient (Wildman–Crippen LogP) is 2.09. The SMILES string of the molecule is COc1ccc([C@H](C(=O)O)N2CCN(c3ccc(Cl)cn3)CC2)cn1. The molecule has 7 nitrogen and oxygen atoms in total. The van der Waals surface area contributed by atoms with E-state index in [4.69, 9.17) is 16.3 Å². The molecule has 0 saturated carbocycles. The normalized spacial score (nSPS) is 16.5. The van der Waals surface area contributed by atoms with Crippen molar-refractivity contribution in [3.05, 3.63) is 47.2 Å². The van der Waals surface area contributed by atoms with Gasteiger partial charge in [-0.2, -0.15) is 0 Å². The molecule has 1 aliphatic rings. The molecule has 3 heterocycles. The molecule has 1 fully saturated rings. The summed E-state index contributed by atoms with van der Waals surface area (Å²) in [6, 6.07) is 6.38. The lowest BCUT2D eigenvalue weighted by atomic mass is 10.1. The zero-order valence-electron chi connectivity index (χ0n) is 13.8. The number of hydrogen-bond acceptors (Lipinski definition) is 6. The summed E-state index contributed by atoms with van der Waals surface area (Å²) in [7, 11) is 1.53. The number of aromatic nitrogens is 2. The maximum absolute atomic E-state index is 11.8. The number of nitrogens with zero attached hydrogens (tertiary/aromatic N) is 4. The van der Waals surface area contributed by atoms with Crippen molar-refractivity contribution in [1.29, 1.82) is 0 Å². The third-order valence-electron chi connectivity index (χ3n) is 4.23. The van der Waals surface area contributed by atoms with E-state index in [1.165, 1.54) is 7.11 Å². The fraction of sp³-hybridized carbons (Fsp3) is 0.353. The Labute approximate surface area is 150 Å². The smallest absolute Gasteiger partial charge is 0.325 e. The maximum Gasteiger partial charge on any atom is 0.325 e. The molecule has 3 rings (SSSR count). The molecule has 1 N–H and O–H groups in total. The van der Waals surface area contributed by atoms with E-state index in [0.29, 0.717) is 42.6 Å². The molecular formula is C17H19ClN4O3. The van der Waals surface area contributed by atoms with Crippen molar-refractivity contribution in [1.82, 2.24) is 14.9 Å². The number of piperazine rings is 1. The molecule has 25 heavy (non-hydrogen) atoms. The van der Waals surface area contributed by atoms with E-state index in [9.17, 15) is 9.90 Å². The minimum absolute atomic E-state index is 0.464. The van der Waals surface area contributed by atoms with Gasteiger partial charge in [0.2, 0.25) is 5.88 Å². The molecule has 0 aromatic carbocycles. The first-order valence-electron chi connectivity index (χ1n) is 7.92. The second kappa shape index (κ2) is 7.67. The van der Waals surface area contributed by atoms with E-state index >= 15 is 0 Å². The number of ether oxygens (including phenoxy) is 1. The number of anilines is 1. The molecule has 1 saturated heterocycles. The number of carboxylic acids is 1. The Morgan fingerprint density at radius 1 is 1.16 bits per heavy atom. The topological polar surface area (TPSA) is 78.8 Å². The van der Waals surface area contributed by atoms with E-state index in [-0.39, 0.29) is 0 Å². The van der Waals surface area contributed by atoms with Crippen molar-refractivity contribution >= 4 is 23.4 Å². The molecule has 0 bridgehead atoms. The maximum atomic E-state index is 11.8. The molecule has 132 valence electrons. The molecule has 1 aliphatic heterocycles. The fourth-order valence-electron chi connectivity index (χ4n) is 2.95. The van der Waals surface area contributed by atoms with Gasteiger partial charge in [-0.25, -0.2) is 9.97 Å². The van der Waals surface area contributed by atoms with Crippen molar-refractivity contribution in [2.45, 2.75) is 6.04 Å². The third-order valence-corrected chi connectivity index (χ3v) is 4.46. The number of pyridine rings is 2. The Morgan fingerprint density at radius 2 is 1.92 bits per heavy atom. The third kappa shape index (κ3) is 4.00. The van der Waals surface area contributed by atoms with Crippen LogP contribution in [0.5, 0.6) is 5.88 Å². The number of hydrogen-bond donors (Lipinski definition) is 1. The van der Waals surface area contributed by atoms with Gasteiger partial charge >= 0.3 is 5.97 Å². The summed E-state index contributed by atoms with van der Waals surface area (Å²) in [5.41, 5.74) is 0.645. The Hall–Kier alpha value is -2.38. The lowest BCUT2D eigenvalue weighted by Gasteiger charge is -2.38. The van der Waals surface area contributed by atoms with Crippen LogP contribution in [0.2, 0.25) is 5.02 Å². The van der Waals surface area contributed by atoms with Crippen LogP contribution in [-0.2, 0) is 4.79 Å². The number of methoxy groups -OCH3 is 1. The summed E-state index contributed by atoms with van der Waals surface area (Å²) in [6.07, 6.45) is 3.18. The van der Waals surface area contributed by atoms with Crippen LogP contribution >= 0.6 is 11.6 Å². The highest BCUT2D eigenvalue weighted by molar-refractivity contribution is 6.30. The quantitative estimate of drug-likeness (QED) is 0.872. The Balaban J connectivity index is 1.70. The molecule has 8 heteroatoms. The summed E-state index contributed by atoms with van der Waals surface area (Å²) >= 11 is 5.87. The van der Waals surface area contributed by atoms with Gasteiger partial charge in [-0.3, -0.25) is 9.69 Å². The summed E-state index contributed by atoms with van der Waals surface area (Å²) in [5, 5.41) is 10.3. The van der Waals surface area contributed by atoms with Gasteiger partial charge in [-0.1, -0.05) is 11.6 Å². The molecule has 0 spiro atoms. The van der Waals surface area contributed by atoms with Crippen LogP contribution in [0.15, 0.2) is 36.7 Å². The first kappa shape index (κ1) is 17.4. The van der Waals surface area contributed by atoms with Gasteiger partial charge < -0.3 is 14.7 Å². The van der Waals surface area contributed by atoms with Crippen LogP contribution in [0.3, 0.4) is 0 Å². The van der Waals surface area contributed by atoms with Crippen molar-refractivity contribution in [2.75, 3.05) is 38.2 Å². The predicted molar refractivity (Wildman–Crippen MR) is 94.2 cm³/mol. The average molecular weight is 363 g/mol. The number of carboxylic acid groups (broad SMARTS) is 1. The first-order valence-corrected chi connectivity index (χ1v) is 8.29. The Morgan fingerprint density at radius 3 is 2.44 bits per heavy atom. The molecule has 0 unspecified atom stereocenters. The van der Waals surface area contributed by atoms with Gasteiger partial charge in [0.1, 0.15) is 11.9 Å². The Bertz CT molecular complexity index is 716. The highest BCUT2D eigenvalue weighted by Gasteiger charge is 2.30. The van der Waals surface area contributed by atoms with Crippen LogP contribution in [0.1, 0.15) is 11.6 Å². The lowest BCUT2D eigenvalue weighted by molar-refractivity contribution is -0.143. The summed E-state index contributed by atoms with van der Waals surface area (Å²) in [6.45, 7) is 2.63. The highest BCUT2D eigenvalue weighted by Crippen LogP contribution is 2.25. The highest BCUT2D eigenvalue weighted by atomic mass is 35.5. The van der Waals surface area contributed by atoms with Gasteiger partial charge in [-0.15, -0.1) is 0 Å². The molecular weight excluding hydrogens is 344 g/mol. The molecule has 1 atom stereocenters. The molecule has 2 aromatic heterocycles. The van der Waals surface area contributed by atoms with Gasteiger partial charge in [0.25, 0.3) is 0 Å². The van der Waals surface area contributed by atoms with Gasteiger partial charge in [0.05, 0.1) is 12.1 Å². The minimum Gasteiger partial charge on any atom is -0.481 e. The van der Waals surface area contributed by atoms with Crippen LogP contribution < -0.4 is 9.64 Å². The second-order valence-electron chi connectivity index (χ2n) is 5.73. The van der Waals surface area contributed by atoms with E-state index < -0.39 is 12.0 Å². The van der Waals surface area contributed by atoms with E-state index in [1.807, 2.05) is 11.0 Å². The van der Waals surface area contributed by atoms with E-state index in [1.54, 1.807) is 30.6 Å². The fourth-order valence-corrected chi connectivity index (χ4v) is 3.06. The standard InChI is InChI=1S/C17H19ClN4O3/c1-25-15-5-2-12(10-20-15)16(17(23)24)22-8-6-21(7-9-22)14-4-3-13(18)11-19-14/h2-5,10-11,16H,6-9H2,1H3,(H,23,24)/t16-/m1/s1. The van der Waals surface area contributed by atoms with Gasteiger partial charge in [-0.05, 0) is 23.8 Å². The van der Waals surface area contributed by atoms with E-state index in [2.05, 4.69) is 14.9 Å². The number of aliphatic carboxylic acids is 1. The zero-order valence-corrected chi connectivity index (χ0v) is 14.6. The minimum atomic E-state index is -0.884. The van der Waals surface area contributed by atoms with Crippen LogP contribution in [-0.4, -0.2) is 59.2 Å². The van der Waals surface area contributed by atoms with Crippen molar-refractivity contribution < 1.29 is 14.6 Å². The lowest BCUT2D eigenvalue weighted by Crippen LogP contribution is -2.49. The van der Waals surface area contributed by atoms with Gasteiger partial charge in [0.15, 0.2) is 0 Å². The van der Waals surface area contributed by atoms with E-state index in [0.717, 1.165) is 5.82 Å². The van der Waals surface area contributed by atoms with Gasteiger partial charge in [0, 0.05) is 44.6 Å². The number of halogens is 1. The Kier molecular flexibility index (Phi) is 5.35. The van der Waals surface area contributed by atoms with Crippen LogP contribution in [0.4, 0.5) is 5.82 Å². The van der Waals surface area contributed by atoms with Crippen LogP contribution in [0.25, 0.3) is 0 Å². The van der Waals surface area contributed by atoms with Crippen molar-refractivity contribution in [2.24, 2.45) is 0 Å². The zero-order chi connectivity index (χ0) is 17.8. The molecule has 2 aromatic rings. The molecule has 0 radical (unpaired) electrons. The first-order chi connectivity index (χ1) is 12.1. The number of rotatable bonds is 5. The van der Waals surface area contributed by atoms with Crippen molar-refractivity contribution in [3.63, 3.8) is 0 Å². The largest absolute Gasteiger partial charge is 0.481 e.